The Kier molecular flexibility index (Phi) is 6.72. The van der Waals surface area contributed by atoms with E-state index in [1.165, 1.54) is 11.9 Å². The number of carbonyl (C=O) groups excluding carboxylic acids is 2. The monoisotopic (exact) mass is 397 g/mol. The zero-order chi connectivity index (χ0) is 21.7. The SMILES string of the molecule is CC(=O)OC(C#CC1(C)C=CC=CN1N)Oc1ccc(C(=O)NC(C)(C)C)cc1. The molecule has 1 aromatic rings. The van der Waals surface area contributed by atoms with Crippen LogP contribution in [-0.2, 0) is 9.53 Å². The van der Waals surface area contributed by atoms with Gasteiger partial charge in [0.1, 0.15) is 11.3 Å². The highest BCUT2D eigenvalue weighted by atomic mass is 16.7. The van der Waals surface area contributed by atoms with E-state index in [0.29, 0.717) is 11.3 Å². The van der Waals surface area contributed by atoms with Crippen LogP contribution in [0.25, 0.3) is 0 Å². The van der Waals surface area contributed by atoms with Gasteiger partial charge in [-0.05, 0) is 70.0 Å². The Hall–Kier alpha value is -3.24. The summed E-state index contributed by atoms with van der Waals surface area (Å²) < 4.78 is 10.8. The van der Waals surface area contributed by atoms with Crippen molar-refractivity contribution in [2.75, 3.05) is 0 Å². The fraction of sp³-hybridized carbons (Fsp3) is 0.364. The van der Waals surface area contributed by atoms with Crippen molar-refractivity contribution in [2.24, 2.45) is 5.84 Å². The van der Waals surface area contributed by atoms with Crippen molar-refractivity contribution < 1.29 is 19.1 Å². The van der Waals surface area contributed by atoms with E-state index < -0.39 is 17.8 Å². The van der Waals surface area contributed by atoms with Crippen LogP contribution < -0.4 is 15.9 Å². The highest BCUT2D eigenvalue weighted by molar-refractivity contribution is 5.94. The lowest BCUT2D eigenvalue weighted by molar-refractivity contribution is -0.154. The summed E-state index contributed by atoms with van der Waals surface area (Å²) in [7, 11) is 0. The summed E-state index contributed by atoms with van der Waals surface area (Å²) in [5, 5.41) is 4.34. The van der Waals surface area contributed by atoms with E-state index in [1.54, 1.807) is 36.5 Å². The Morgan fingerprint density at radius 2 is 1.86 bits per heavy atom. The molecule has 0 saturated heterocycles. The summed E-state index contributed by atoms with van der Waals surface area (Å²) in [4.78, 5) is 23.6. The molecule has 0 fully saturated rings. The van der Waals surface area contributed by atoms with E-state index in [4.69, 9.17) is 15.3 Å². The predicted molar refractivity (Wildman–Crippen MR) is 110 cm³/mol. The maximum atomic E-state index is 12.2. The molecule has 0 saturated carbocycles. The summed E-state index contributed by atoms with van der Waals surface area (Å²) in [6.07, 6.45) is 6.03. The van der Waals surface area contributed by atoms with Crippen LogP contribution in [0.5, 0.6) is 5.75 Å². The second-order valence-corrected chi connectivity index (χ2v) is 7.81. The van der Waals surface area contributed by atoms with Gasteiger partial charge in [0.05, 0.1) is 0 Å². The summed E-state index contributed by atoms with van der Waals surface area (Å²) >= 11 is 0. The zero-order valence-electron chi connectivity index (χ0n) is 17.4. The molecule has 29 heavy (non-hydrogen) atoms. The van der Waals surface area contributed by atoms with Crippen molar-refractivity contribution in [2.45, 2.75) is 52.0 Å². The fourth-order valence-corrected chi connectivity index (χ4v) is 2.39. The molecular weight excluding hydrogens is 370 g/mol. The molecule has 1 aliphatic rings. The number of nitrogens with two attached hydrogens (primary N) is 1. The molecule has 0 spiro atoms. The van der Waals surface area contributed by atoms with Crippen LogP contribution in [-0.4, -0.2) is 34.3 Å². The summed E-state index contributed by atoms with van der Waals surface area (Å²) in [6, 6.07) is 6.50. The molecule has 7 heteroatoms. The lowest BCUT2D eigenvalue weighted by atomic mass is 10.00. The third-order valence-corrected chi connectivity index (χ3v) is 3.88. The van der Waals surface area contributed by atoms with Gasteiger partial charge >= 0.3 is 12.3 Å². The highest BCUT2D eigenvalue weighted by Gasteiger charge is 2.24. The number of carbonyl (C=O) groups is 2. The van der Waals surface area contributed by atoms with Crippen LogP contribution in [0.1, 0.15) is 45.0 Å². The maximum absolute atomic E-state index is 12.2. The van der Waals surface area contributed by atoms with Crippen molar-refractivity contribution >= 4 is 11.9 Å². The quantitative estimate of drug-likeness (QED) is 0.351. The number of esters is 1. The highest BCUT2D eigenvalue weighted by Crippen LogP contribution is 2.18. The summed E-state index contributed by atoms with van der Waals surface area (Å²) in [5.41, 5.74) is -0.600. The molecule has 1 amide bonds. The molecule has 1 aliphatic heterocycles. The molecule has 0 aliphatic carbocycles. The topological polar surface area (TPSA) is 93.9 Å². The fourth-order valence-electron chi connectivity index (χ4n) is 2.39. The first kappa shape index (κ1) is 22.1. The molecule has 2 atom stereocenters. The van der Waals surface area contributed by atoms with Gasteiger partial charge in [0, 0.05) is 24.2 Å². The van der Waals surface area contributed by atoms with Crippen LogP contribution in [0.3, 0.4) is 0 Å². The standard InChI is InChI=1S/C22H27N3O4/c1-16(26)28-19(12-14-22(5)13-6-7-15-25(22)23)29-18-10-8-17(9-11-18)20(27)24-21(2,3)4/h6-11,13,15,19H,23H2,1-5H3,(H,24,27). The van der Waals surface area contributed by atoms with E-state index in [-0.39, 0.29) is 11.4 Å². The zero-order valence-corrected chi connectivity index (χ0v) is 17.4. The first-order valence-electron chi connectivity index (χ1n) is 9.18. The van der Waals surface area contributed by atoms with E-state index >= 15 is 0 Å². The van der Waals surface area contributed by atoms with Crippen molar-refractivity contribution in [1.29, 1.82) is 0 Å². The molecule has 3 N–H and O–H groups in total. The lowest BCUT2D eigenvalue weighted by Crippen LogP contribution is -2.46. The van der Waals surface area contributed by atoms with Crippen LogP contribution in [0.4, 0.5) is 0 Å². The van der Waals surface area contributed by atoms with Crippen LogP contribution in [0.15, 0.2) is 48.7 Å². The molecular formula is C22H27N3O4. The smallest absolute Gasteiger partial charge is 0.308 e. The lowest BCUT2D eigenvalue weighted by Gasteiger charge is -2.31. The average molecular weight is 397 g/mol. The Labute approximate surface area is 171 Å². The Morgan fingerprint density at radius 3 is 2.41 bits per heavy atom. The number of benzene rings is 1. The van der Waals surface area contributed by atoms with Gasteiger partial charge in [-0.15, -0.1) is 0 Å². The second kappa shape index (κ2) is 8.84. The van der Waals surface area contributed by atoms with Crippen LogP contribution >= 0.6 is 0 Å². The number of allylic oxidation sites excluding steroid dienone is 2. The largest absolute Gasteiger partial charge is 0.444 e. The van der Waals surface area contributed by atoms with Gasteiger partial charge in [-0.3, -0.25) is 14.6 Å². The van der Waals surface area contributed by atoms with Crippen LogP contribution in [0, 0.1) is 11.8 Å². The third kappa shape index (κ3) is 6.70. The first-order valence-corrected chi connectivity index (χ1v) is 9.18. The van der Waals surface area contributed by atoms with E-state index in [1.807, 2.05) is 39.8 Å². The molecule has 7 nitrogen and oxygen atoms in total. The average Bonchev–Trinajstić information content (AvgIpc) is 2.61. The van der Waals surface area contributed by atoms with Gasteiger partial charge < -0.3 is 14.8 Å². The van der Waals surface area contributed by atoms with Crippen molar-refractivity contribution in [3.63, 3.8) is 0 Å². The molecule has 0 bridgehead atoms. The number of hydrogen-bond donors (Lipinski definition) is 2. The number of nitrogens with zero attached hydrogens (tertiary/aromatic N) is 1. The Bertz CT molecular complexity index is 872. The minimum Gasteiger partial charge on any atom is -0.444 e. The second-order valence-electron chi connectivity index (χ2n) is 7.81. The molecule has 1 heterocycles. The van der Waals surface area contributed by atoms with Gasteiger partial charge in [0.2, 0.25) is 0 Å². The Balaban J connectivity index is 2.14. The summed E-state index contributed by atoms with van der Waals surface area (Å²) in [6.45, 7) is 8.83. The van der Waals surface area contributed by atoms with Crippen molar-refractivity contribution in [1.82, 2.24) is 10.3 Å². The van der Waals surface area contributed by atoms with Gasteiger partial charge in [-0.1, -0.05) is 12.0 Å². The number of amides is 1. The van der Waals surface area contributed by atoms with E-state index in [0.717, 1.165) is 0 Å². The van der Waals surface area contributed by atoms with E-state index in [2.05, 4.69) is 17.2 Å². The van der Waals surface area contributed by atoms with Crippen LogP contribution in [0.2, 0.25) is 0 Å². The minimum absolute atomic E-state index is 0.187. The third-order valence-electron chi connectivity index (χ3n) is 3.88. The predicted octanol–water partition coefficient (Wildman–Crippen LogP) is 2.50. The first-order chi connectivity index (χ1) is 13.5. The minimum atomic E-state index is -1.12. The molecule has 2 unspecified atom stereocenters. The Morgan fingerprint density at radius 1 is 1.21 bits per heavy atom. The molecule has 154 valence electrons. The molecule has 0 aromatic heterocycles. The van der Waals surface area contributed by atoms with Crippen molar-refractivity contribution in [3.05, 3.63) is 54.3 Å². The maximum Gasteiger partial charge on any atom is 0.308 e. The number of rotatable bonds is 4. The number of hydrazine groups is 1. The molecule has 0 radical (unpaired) electrons. The van der Waals surface area contributed by atoms with Gasteiger partial charge in [-0.25, -0.2) is 5.84 Å². The number of hydrogen-bond acceptors (Lipinski definition) is 6. The van der Waals surface area contributed by atoms with E-state index in [9.17, 15) is 9.59 Å². The van der Waals surface area contributed by atoms with Gasteiger partial charge in [0.15, 0.2) is 0 Å². The van der Waals surface area contributed by atoms with Gasteiger partial charge in [0.25, 0.3) is 5.91 Å². The molecule has 2 rings (SSSR count). The number of nitrogens with one attached hydrogen (secondary N) is 1. The molecule has 1 aromatic carbocycles. The van der Waals surface area contributed by atoms with Gasteiger partial charge in [-0.2, -0.15) is 0 Å². The summed E-state index contributed by atoms with van der Waals surface area (Å²) in [5.74, 6) is 11.4. The normalized spacial score (nSPS) is 19.0. The number of ether oxygens (including phenoxy) is 2. The van der Waals surface area contributed by atoms with Crippen molar-refractivity contribution in [3.8, 4) is 17.6 Å².